The minimum Gasteiger partial charge on any atom is -0.391 e. The Balaban J connectivity index is 3.77. The molecule has 0 bridgehead atoms. The number of carbonyl (C=O) groups is 11. The van der Waals surface area contributed by atoms with Crippen LogP contribution in [0.2, 0.25) is 0 Å². The molecular formula is C48H90N16O15. The fraction of sp³-hybridized carbons (Fsp3) is 0.771. The van der Waals surface area contributed by atoms with Crippen molar-refractivity contribution in [3.8, 4) is 0 Å². The molecule has 0 aromatic heterocycles. The highest BCUT2D eigenvalue weighted by atomic mass is 16.3. The molecule has 1 fully saturated rings. The SMILES string of the molecule is CCCCCCCC(=O)N[C@@H](CCN)C(=O)N[C@H](C(=O)N[C@H](CCN)C(=O)N[C@H]1CCNC(=O)[C@H]([C@@H](C)O)NC(=O)[C@H](CCN)NC(=O)[C@H](CCN)NC(=O)[C@H]([C@@H](C)O)NC(=O)[C@H]([C@@H](C)O)NC(=O)[C@H](CCN)NC1=O)[C@@H](C)O. The minimum atomic E-state index is -1.88. The number of hydrogen-bond donors (Lipinski definition) is 20. The second kappa shape index (κ2) is 37.6. The lowest BCUT2D eigenvalue weighted by atomic mass is 10.1. The molecular weight excluding hydrogens is 1040 g/mol. The van der Waals surface area contributed by atoms with Crippen LogP contribution in [0.4, 0.5) is 0 Å². The van der Waals surface area contributed by atoms with Gasteiger partial charge in [0.05, 0.1) is 24.4 Å². The third-order valence-corrected chi connectivity index (χ3v) is 12.6. The van der Waals surface area contributed by atoms with E-state index in [0.29, 0.717) is 6.42 Å². The molecule has 11 amide bonds. The average Bonchev–Trinajstić information content (AvgIpc) is 3.37. The number of nitrogens with two attached hydrogens (primary N) is 5. The quantitative estimate of drug-likeness (QED) is 0.0340. The average molecular weight is 1130 g/mol. The zero-order valence-corrected chi connectivity index (χ0v) is 46.0. The fourth-order valence-electron chi connectivity index (χ4n) is 8.02. The first-order valence-corrected chi connectivity index (χ1v) is 26.8. The van der Waals surface area contributed by atoms with E-state index in [4.69, 9.17) is 28.7 Å². The summed E-state index contributed by atoms with van der Waals surface area (Å²) in [6.45, 7) is 5.14. The molecule has 1 heterocycles. The molecule has 79 heavy (non-hydrogen) atoms. The van der Waals surface area contributed by atoms with Crippen molar-refractivity contribution in [2.45, 2.75) is 197 Å². The summed E-state index contributed by atoms with van der Waals surface area (Å²) < 4.78 is 0. The molecule has 0 unspecified atom stereocenters. The summed E-state index contributed by atoms with van der Waals surface area (Å²) in [5, 5.41) is 69.0. The lowest BCUT2D eigenvalue weighted by molar-refractivity contribution is -0.138. The molecule has 25 N–H and O–H groups in total. The molecule has 1 aliphatic rings. The Morgan fingerprint density at radius 3 is 1.38 bits per heavy atom. The number of amides is 11. The number of unbranched alkanes of at least 4 members (excludes halogenated alkanes) is 4. The van der Waals surface area contributed by atoms with Gasteiger partial charge in [-0.1, -0.05) is 32.6 Å². The van der Waals surface area contributed by atoms with Crippen LogP contribution in [0.5, 0.6) is 0 Å². The molecule has 452 valence electrons. The maximum atomic E-state index is 14.3. The molecule has 14 atom stereocenters. The van der Waals surface area contributed by atoms with Gasteiger partial charge in [-0.05, 0) is 105 Å². The number of rotatable bonds is 27. The third-order valence-electron chi connectivity index (χ3n) is 12.6. The van der Waals surface area contributed by atoms with Gasteiger partial charge in [-0.25, -0.2) is 0 Å². The standard InChI is InChI=1S/C48H90N16O15/c1-6-7-8-9-10-11-34(69)55-28(12-18-49)42(73)62-36(25(3)66)46(77)59-30(14-20-51)40(71)58-33-17-23-54-45(76)35(24(2)65)61-43(74)31(15-21-52)56-39(70)29(13-19-50)60-47(78)37(26(4)67)64-48(79)38(27(5)68)63-44(75)32(16-22-53)57-41(33)72/h24-33,35-38,65-68H,6-23,49-53H2,1-5H3,(H,54,76)(H,55,69)(H,56,70)(H,57,72)(H,58,71)(H,59,77)(H,60,78)(H,61,74)(H,62,73)(H,63,75)(H,64,79)/t24-,25-,26-,27-,28+,29+,30-,31+,32+,33+,35+,36+,37+,38+/m1/s1. The summed E-state index contributed by atoms with van der Waals surface area (Å²) in [6.07, 6.45) is -3.76. The normalized spacial score (nSPS) is 24.1. The fourth-order valence-corrected chi connectivity index (χ4v) is 8.02. The summed E-state index contributed by atoms with van der Waals surface area (Å²) in [5.74, 6) is -11.1. The van der Waals surface area contributed by atoms with E-state index in [0.717, 1.165) is 46.5 Å². The zero-order chi connectivity index (χ0) is 59.9. The van der Waals surface area contributed by atoms with Crippen molar-refractivity contribution in [2.24, 2.45) is 28.7 Å². The molecule has 0 radical (unpaired) electrons. The van der Waals surface area contributed by atoms with Gasteiger partial charge in [-0.3, -0.25) is 52.7 Å². The van der Waals surface area contributed by atoms with Crippen LogP contribution in [-0.2, 0) is 52.7 Å². The van der Waals surface area contributed by atoms with Gasteiger partial charge in [0, 0.05) is 13.0 Å². The van der Waals surface area contributed by atoms with E-state index in [2.05, 4.69) is 65.4 Å². The number of hydrogen-bond acceptors (Lipinski definition) is 20. The highest BCUT2D eigenvalue weighted by molar-refractivity contribution is 5.99. The van der Waals surface area contributed by atoms with E-state index in [1.54, 1.807) is 0 Å². The van der Waals surface area contributed by atoms with Crippen LogP contribution in [0.1, 0.15) is 112 Å². The number of aliphatic hydroxyl groups excluding tert-OH is 4. The van der Waals surface area contributed by atoms with E-state index in [1.165, 1.54) is 6.92 Å². The van der Waals surface area contributed by atoms with Crippen LogP contribution in [0.3, 0.4) is 0 Å². The van der Waals surface area contributed by atoms with Crippen molar-refractivity contribution >= 4 is 65.0 Å². The Bertz CT molecular complexity index is 2000. The van der Waals surface area contributed by atoms with Crippen molar-refractivity contribution in [3.05, 3.63) is 0 Å². The highest BCUT2D eigenvalue weighted by Gasteiger charge is 2.38. The van der Waals surface area contributed by atoms with Gasteiger partial charge >= 0.3 is 0 Å². The van der Waals surface area contributed by atoms with Crippen molar-refractivity contribution < 1.29 is 73.2 Å². The summed E-state index contributed by atoms with van der Waals surface area (Å²) >= 11 is 0. The van der Waals surface area contributed by atoms with Crippen molar-refractivity contribution in [1.29, 1.82) is 0 Å². The minimum absolute atomic E-state index is 0.0298. The van der Waals surface area contributed by atoms with Crippen LogP contribution in [-0.4, -0.2) is 210 Å². The van der Waals surface area contributed by atoms with Crippen LogP contribution in [0.15, 0.2) is 0 Å². The van der Waals surface area contributed by atoms with E-state index < -0.39 is 163 Å². The van der Waals surface area contributed by atoms with Gasteiger partial charge in [0.2, 0.25) is 65.0 Å². The number of aliphatic hydroxyl groups is 4. The summed E-state index contributed by atoms with van der Waals surface area (Å²) in [6, 6.07) is -16.3. The van der Waals surface area contributed by atoms with Crippen LogP contribution in [0.25, 0.3) is 0 Å². The highest BCUT2D eigenvalue weighted by Crippen LogP contribution is 2.09. The molecule has 0 saturated carbocycles. The topological polar surface area (TPSA) is 531 Å². The molecule has 1 rings (SSSR count). The van der Waals surface area contributed by atoms with Crippen LogP contribution < -0.4 is 87.2 Å². The Morgan fingerprint density at radius 2 is 0.924 bits per heavy atom. The monoisotopic (exact) mass is 1130 g/mol. The Hall–Kier alpha value is -6.19. The van der Waals surface area contributed by atoms with Gasteiger partial charge in [0.1, 0.15) is 60.4 Å². The van der Waals surface area contributed by atoms with Crippen LogP contribution in [0, 0.1) is 0 Å². The lowest BCUT2D eigenvalue weighted by Gasteiger charge is -2.29. The van der Waals surface area contributed by atoms with Gasteiger partial charge in [-0.15, -0.1) is 0 Å². The Labute approximate surface area is 460 Å². The first-order valence-electron chi connectivity index (χ1n) is 26.8. The Kier molecular flexibility index (Phi) is 33.7. The molecule has 0 spiro atoms. The van der Waals surface area contributed by atoms with E-state index in [-0.39, 0.29) is 71.2 Å². The maximum Gasteiger partial charge on any atom is 0.245 e. The maximum absolute atomic E-state index is 14.3. The largest absolute Gasteiger partial charge is 0.391 e. The second-order valence-electron chi connectivity index (χ2n) is 19.5. The van der Waals surface area contributed by atoms with E-state index >= 15 is 0 Å². The smallest absolute Gasteiger partial charge is 0.245 e. The van der Waals surface area contributed by atoms with Gasteiger partial charge in [0.15, 0.2) is 0 Å². The third kappa shape index (κ3) is 25.2. The predicted octanol–water partition coefficient (Wildman–Crippen LogP) is -9.02. The predicted molar refractivity (Wildman–Crippen MR) is 285 cm³/mol. The van der Waals surface area contributed by atoms with Crippen molar-refractivity contribution in [3.63, 3.8) is 0 Å². The lowest BCUT2D eigenvalue weighted by Crippen LogP contribution is -2.63. The van der Waals surface area contributed by atoms with Crippen molar-refractivity contribution in [2.75, 3.05) is 39.3 Å². The first-order chi connectivity index (χ1) is 37.3. The molecule has 31 nitrogen and oxygen atoms in total. The summed E-state index contributed by atoms with van der Waals surface area (Å²) in [4.78, 5) is 151. The van der Waals surface area contributed by atoms with Crippen LogP contribution >= 0.6 is 0 Å². The van der Waals surface area contributed by atoms with E-state index in [1.807, 2.05) is 0 Å². The Morgan fingerprint density at radius 1 is 0.506 bits per heavy atom. The molecule has 0 aromatic carbocycles. The first kappa shape index (κ1) is 70.8. The molecule has 0 aliphatic carbocycles. The molecule has 0 aromatic rings. The van der Waals surface area contributed by atoms with Gasteiger partial charge in [-0.2, -0.15) is 0 Å². The second-order valence-corrected chi connectivity index (χ2v) is 19.5. The molecule has 1 aliphatic heterocycles. The zero-order valence-electron chi connectivity index (χ0n) is 46.0. The van der Waals surface area contributed by atoms with E-state index in [9.17, 15) is 73.2 Å². The molecule has 31 heteroatoms. The van der Waals surface area contributed by atoms with Crippen molar-refractivity contribution in [1.82, 2.24) is 58.5 Å². The summed E-state index contributed by atoms with van der Waals surface area (Å²) in [5.41, 5.74) is 28.8. The van der Waals surface area contributed by atoms with Gasteiger partial charge < -0.3 is 108 Å². The molecule has 1 saturated heterocycles. The van der Waals surface area contributed by atoms with Gasteiger partial charge in [0.25, 0.3) is 0 Å². The number of nitrogens with one attached hydrogen (secondary N) is 11. The number of carbonyl (C=O) groups excluding carboxylic acids is 11. The summed E-state index contributed by atoms with van der Waals surface area (Å²) in [7, 11) is 0.